The zero-order chi connectivity index (χ0) is 12.5. The zero-order valence-corrected chi connectivity index (χ0v) is 9.47. The third-order valence-corrected chi connectivity index (χ3v) is 1.90. The van der Waals surface area contributed by atoms with Gasteiger partial charge in [-0.05, 0) is 18.2 Å². The Kier molecular flexibility index (Phi) is 5.60. The first kappa shape index (κ1) is 13.1. The van der Waals surface area contributed by atoms with Gasteiger partial charge in [0.15, 0.2) is 0 Å². The maximum absolute atomic E-state index is 11.3. The summed E-state index contributed by atoms with van der Waals surface area (Å²) in [6.07, 6.45) is 4.90. The van der Waals surface area contributed by atoms with Crippen molar-refractivity contribution in [3.63, 3.8) is 0 Å². The minimum atomic E-state index is -0.294. The number of carbonyl (C=O) groups is 1. The highest BCUT2D eigenvalue weighted by atomic mass is 16.5. The molecule has 1 aromatic rings. The summed E-state index contributed by atoms with van der Waals surface area (Å²) in [6, 6.07) is 5.27. The number of amides is 1. The Morgan fingerprint density at radius 2 is 2.41 bits per heavy atom. The fourth-order valence-electron chi connectivity index (χ4n) is 1.11. The summed E-state index contributed by atoms with van der Waals surface area (Å²) in [7, 11) is 1.50. The first-order valence-electron chi connectivity index (χ1n) is 5.06. The van der Waals surface area contributed by atoms with Crippen LogP contribution in [-0.2, 0) is 14.3 Å². The molecular formula is C12H13N2O3. The van der Waals surface area contributed by atoms with Gasteiger partial charge in [-0.25, -0.2) is 0 Å². The van der Waals surface area contributed by atoms with Crippen molar-refractivity contribution in [3.05, 3.63) is 35.8 Å². The van der Waals surface area contributed by atoms with E-state index in [-0.39, 0.29) is 18.0 Å². The van der Waals surface area contributed by atoms with Gasteiger partial charge in [0.1, 0.15) is 0 Å². The number of hydrogen-bond acceptors (Lipinski definition) is 4. The van der Waals surface area contributed by atoms with Gasteiger partial charge in [0, 0.05) is 13.3 Å². The zero-order valence-electron chi connectivity index (χ0n) is 9.47. The van der Waals surface area contributed by atoms with E-state index < -0.39 is 0 Å². The molecule has 0 aliphatic rings. The largest absolute Gasteiger partial charge is 0.384 e. The topological polar surface area (TPSA) is 68.3 Å². The Labute approximate surface area is 99.5 Å². The smallest absolute Gasteiger partial charge is 0.251 e. The van der Waals surface area contributed by atoms with Crippen molar-refractivity contribution < 1.29 is 14.3 Å². The second-order valence-electron chi connectivity index (χ2n) is 3.21. The van der Waals surface area contributed by atoms with Gasteiger partial charge in [-0.15, -0.1) is 0 Å². The first-order chi connectivity index (χ1) is 8.26. The molecule has 0 unspecified atom stereocenters. The molecule has 0 bridgehead atoms. The molecule has 0 saturated carbocycles. The number of hydrogen-bond donors (Lipinski definition) is 1. The van der Waals surface area contributed by atoms with Crippen molar-refractivity contribution in [2.75, 3.05) is 13.7 Å². The fourth-order valence-corrected chi connectivity index (χ4v) is 1.11. The molecule has 1 heterocycles. The second kappa shape index (κ2) is 7.29. The molecule has 5 heteroatoms. The SMILES string of the molecule is COCCC(=O)NC([C]=O)=Cc1ccccn1. The fraction of sp³-hybridized carbons (Fsp3) is 0.250. The summed E-state index contributed by atoms with van der Waals surface area (Å²) in [4.78, 5) is 26.0. The predicted octanol–water partition coefficient (Wildman–Crippen LogP) is 0.685. The van der Waals surface area contributed by atoms with E-state index in [9.17, 15) is 9.59 Å². The lowest BCUT2D eigenvalue weighted by molar-refractivity contribution is -0.121. The Hall–Kier alpha value is -2.01. The van der Waals surface area contributed by atoms with Crippen molar-refractivity contribution in [1.82, 2.24) is 10.3 Å². The van der Waals surface area contributed by atoms with Crippen molar-refractivity contribution in [1.29, 1.82) is 0 Å². The van der Waals surface area contributed by atoms with E-state index in [1.165, 1.54) is 13.2 Å². The Morgan fingerprint density at radius 1 is 1.59 bits per heavy atom. The molecule has 1 amide bonds. The second-order valence-corrected chi connectivity index (χ2v) is 3.21. The molecule has 0 aromatic carbocycles. The van der Waals surface area contributed by atoms with Gasteiger partial charge in [-0.1, -0.05) is 6.07 Å². The van der Waals surface area contributed by atoms with Crippen LogP contribution in [0.1, 0.15) is 12.1 Å². The lowest BCUT2D eigenvalue weighted by Crippen LogP contribution is -2.24. The number of pyridine rings is 1. The minimum absolute atomic E-state index is 0.0600. The molecule has 1 N–H and O–H groups in total. The average Bonchev–Trinajstić information content (AvgIpc) is 2.36. The van der Waals surface area contributed by atoms with Crippen LogP contribution in [0, 0.1) is 0 Å². The third-order valence-electron chi connectivity index (χ3n) is 1.90. The number of allylic oxidation sites excluding steroid dienone is 1. The van der Waals surface area contributed by atoms with Crippen LogP contribution in [0.15, 0.2) is 30.1 Å². The number of rotatable bonds is 6. The Balaban J connectivity index is 2.63. The molecule has 0 atom stereocenters. The normalized spacial score (nSPS) is 11.0. The molecule has 17 heavy (non-hydrogen) atoms. The Morgan fingerprint density at radius 3 is 3.00 bits per heavy atom. The van der Waals surface area contributed by atoms with Crippen LogP contribution in [0.25, 0.3) is 6.08 Å². The highest BCUT2D eigenvalue weighted by Crippen LogP contribution is 1.99. The molecule has 0 fully saturated rings. The summed E-state index contributed by atoms with van der Waals surface area (Å²) >= 11 is 0. The number of methoxy groups -OCH3 is 1. The average molecular weight is 233 g/mol. The van der Waals surface area contributed by atoms with Crippen molar-refractivity contribution in [2.45, 2.75) is 6.42 Å². The summed E-state index contributed by atoms with van der Waals surface area (Å²) in [5.41, 5.74) is 0.641. The van der Waals surface area contributed by atoms with Crippen LogP contribution in [0.5, 0.6) is 0 Å². The summed E-state index contributed by atoms with van der Waals surface area (Å²) in [6.45, 7) is 0.307. The number of nitrogens with one attached hydrogen (secondary N) is 1. The molecule has 0 saturated heterocycles. The van der Waals surface area contributed by atoms with E-state index in [4.69, 9.17) is 4.74 Å². The summed E-state index contributed by atoms with van der Waals surface area (Å²) < 4.78 is 4.75. The van der Waals surface area contributed by atoms with Gasteiger partial charge in [0.05, 0.1) is 24.4 Å². The number of ether oxygens (including phenoxy) is 1. The van der Waals surface area contributed by atoms with E-state index in [0.717, 1.165) is 0 Å². The molecule has 0 aliphatic carbocycles. The van der Waals surface area contributed by atoms with Gasteiger partial charge in [-0.2, -0.15) is 0 Å². The molecule has 1 rings (SSSR count). The lowest BCUT2D eigenvalue weighted by Gasteiger charge is -2.03. The molecule has 1 aromatic heterocycles. The highest BCUT2D eigenvalue weighted by molar-refractivity contribution is 5.89. The quantitative estimate of drug-likeness (QED) is 0.734. The van der Waals surface area contributed by atoms with Crippen LogP contribution >= 0.6 is 0 Å². The van der Waals surface area contributed by atoms with E-state index >= 15 is 0 Å². The van der Waals surface area contributed by atoms with Crippen LogP contribution < -0.4 is 5.32 Å². The maximum Gasteiger partial charge on any atom is 0.251 e. The molecule has 89 valence electrons. The van der Waals surface area contributed by atoms with E-state index in [1.807, 2.05) is 0 Å². The number of carbonyl (C=O) groups excluding carboxylic acids is 2. The van der Waals surface area contributed by atoms with Crippen molar-refractivity contribution in [2.24, 2.45) is 0 Å². The van der Waals surface area contributed by atoms with E-state index in [0.29, 0.717) is 12.3 Å². The van der Waals surface area contributed by atoms with Crippen LogP contribution in [0.2, 0.25) is 0 Å². The van der Waals surface area contributed by atoms with Crippen molar-refractivity contribution >= 4 is 18.3 Å². The minimum Gasteiger partial charge on any atom is -0.384 e. The lowest BCUT2D eigenvalue weighted by atomic mass is 10.3. The van der Waals surface area contributed by atoms with Crippen LogP contribution in [-0.4, -0.2) is 30.9 Å². The van der Waals surface area contributed by atoms with E-state index in [2.05, 4.69) is 10.3 Å². The van der Waals surface area contributed by atoms with Crippen molar-refractivity contribution in [3.8, 4) is 0 Å². The van der Waals surface area contributed by atoms with Gasteiger partial charge in [0.25, 0.3) is 6.29 Å². The Bertz CT molecular complexity index is 401. The predicted molar refractivity (Wildman–Crippen MR) is 62.5 cm³/mol. The van der Waals surface area contributed by atoms with Gasteiger partial charge in [-0.3, -0.25) is 14.6 Å². The number of aromatic nitrogens is 1. The monoisotopic (exact) mass is 233 g/mol. The number of nitrogens with zero attached hydrogens (tertiary/aromatic N) is 1. The van der Waals surface area contributed by atoms with E-state index in [1.54, 1.807) is 30.7 Å². The molecule has 0 spiro atoms. The molecule has 0 aliphatic heterocycles. The van der Waals surface area contributed by atoms with Crippen LogP contribution in [0.4, 0.5) is 0 Å². The third kappa shape index (κ3) is 5.03. The van der Waals surface area contributed by atoms with Gasteiger partial charge >= 0.3 is 0 Å². The van der Waals surface area contributed by atoms with Gasteiger partial charge in [0.2, 0.25) is 5.91 Å². The van der Waals surface area contributed by atoms with Crippen LogP contribution in [0.3, 0.4) is 0 Å². The maximum atomic E-state index is 11.3. The summed E-state index contributed by atoms with van der Waals surface area (Å²) in [5.74, 6) is -0.294. The molecule has 5 nitrogen and oxygen atoms in total. The standard InChI is InChI=1S/C12H13N2O3/c1-17-7-5-12(16)14-11(9-15)8-10-4-2-3-6-13-10/h2-4,6,8H,5,7H2,1H3,(H,14,16). The highest BCUT2D eigenvalue weighted by Gasteiger charge is 2.04. The van der Waals surface area contributed by atoms with Gasteiger partial charge < -0.3 is 10.1 Å². The molecular weight excluding hydrogens is 220 g/mol. The molecule has 1 radical (unpaired) electrons. The first-order valence-corrected chi connectivity index (χ1v) is 5.06. The summed E-state index contributed by atoms with van der Waals surface area (Å²) in [5, 5.41) is 2.43.